The summed E-state index contributed by atoms with van der Waals surface area (Å²) in [7, 11) is 1.44. The van der Waals surface area contributed by atoms with Crippen molar-refractivity contribution in [3.63, 3.8) is 0 Å². The number of aromatic amines is 1. The summed E-state index contributed by atoms with van der Waals surface area (Å²) in [6.07, 6.45) is 1.34. The van der Waals surface area contributed by atoms with Gasteiger partial charge in [0.1, 0.15) is 0 Å². The van der Waals surface area contributed by atoms with E-state index in [0.717, 1.165) is 0 Å². The monoisotopic (exact) mass is 183 g/mol. The molecule has 0 unspecified atom stereocenters. The van der Waals surface area contributed by atoms with Gasteiger partial charge in [0.15, 0.2) is 5.82 Å². The Morgan fingerprint density at radius 1 is 1.62 bits per heavy atom. The molecule has 0 amide bonds. The van der Waals surface area contributed by atoms with E-state index in [4.69, 9.17) is 4.74 Å². The molecule has 1 heterocycles. The molecule has 72 valence electrons. The number of hydrogen-bond acceptors (Lipinski definition) is 4. The molecule has 0 radical (unpaired) electrons. The van der Waals surface area contributed by atoms with Crippen LogP contribution >= 0.6 is 0 Å². The van der Waals surface area contributed by atoms with Crippen molar-refractivity contribution in [1.82, 2.24) is 9.97 Å². The standard InChI is InChI=1S/C8H13N3O2/c1-5(2)11-7-6(13-3)8(12)10-4-9-7/h4-5H,1-3H3,(H2,9,10,11,12). The van der Waals surface area contributed by atoms with E-state index in [1.807, 2.05) is 13.8 Å². The van der Waals surface area contributed by atoms with Crippen LogP contribution in [-0.4, -0.2) is 23.1 Å². The normalized spacial score (nSPS) is 10.2. The van der Waals surface area contributed by atoms with Gasteiger partial charge in [0.05, 0.1) is 13.4 Å². The predicted octanol–water partition coefficient (Wildman–Crippen LogP) is 0.599. The van der Waals surface area contributed by atoms with E-state index in [2.05, 4.69) is 15.3 Å². The SMILES string of the molecule is COc1c(NC(C)C)nc[nH]c1=O. The second kappa shape index (κ2) is 3.93. The molecule has 0 aliphatic heterocycles. The summed E-state index contributed by atoms with van der Waals surface area (Å²) in [6.45, 7) is 3.92. The number of methoxy groups -OCH3 is 1. The van der Waals surface area contributed by atoms with E-state index in [1.165, 1.54) is 13.4 Å². The van der Waals surface area contributed by atoms with E-state index in [0.29, 0.717) is 5.82 Å². The first-order valence-corrected chi connectivity index (χ1v) is 4.03. The van der Waals surface area contributed by atoms with Crippen molar-refractivity contribution in [2.75, 3.05) is 12.4 Å². The molecule has 0 aliphatic carbocycles. The molecule has 0 spiro atoms. The number of aromatic nitrogens is 2. The first kappa shape index (κ1) is 9.57. The fourth-order valence-electron chi connectivity index (χ4n) is 0.953. The van der Waals surface area contributed by atoms with Gasteiger partial charge < -0.3 is 15.0 Å². The highest BCUT2D eigenvalue weighted by atomic mass is 16.5. The number of anilines is 1. The van der Waals surface area contributed by atoms with Gasteiger partial charge in [-0.2, -0.15) is 0 Å². The van der Waals surface area contributed by atoms with Crippen molar-refractivity contribution in [1.29, 1.82) is 0 Å². The Kier molecular flexibility index (Phi) is 2.89. The lowest BCUT2D eigenvalue weighted by molar-refractivity contribution is 0.407. The highest BCUT2D eigenvalue weighted by Crippen LogP contribution is 2.14. The summed E-state index contributed by atoms with van der Waals surface area (Å²) in [4.78, 5) is 17.6. The van der Waals surface area contributed by atoms with Crippen LogP contribution in [0.5, 0.6) is 5.75 Å². The van der Waals surface area contributed by atoms with Crippen LogP contribution in [0.4, 0.5) is 5.82 Å². The molecule has 13 heavy (non-hydrogen) atoms. The fraction of sp³-hybridized carbons (Fsp3) is 0.500. The molecular formula is C8H13N3O2. The predicted molar refractivity (Wildman–Crippen MR) is 50.2 cm³/mol. The van der Waals surface area contributed by atoms with Crippen LogP contribution in [0.2, 0.25) is 0 Å². The number of rotatable bonds is 3. The first-order chi connectivity index (χ1) is 6.15. The molecule has 0 aromatic carbocycles. The molecule has 0 saturated carbocycles. The molecular weight excluding hydrogens is 170 g/mol. The third-order valence-electron chi connectivity index (χ3n) is 1.44. The smallest absolute Gasteiger partial charge is 0.295 e. The van der Waals surface area contributed by atoms with Gasteiger partial charge >= 0.3 is 0 Å². The second-order valence-electron chi connectivity index (χ2n) is 2.91. The van der Waals surface area contributed by atoms with E-state index in [9.17, 15) is 4.79 Å². The third kappa shape index (κ3) is 2.21. The molecule has 2 N–H and O–H groups in total. The van der Waals surface area contributed by atoms with Crippen LogP contribution in [-0.2, 0) is 0 Å². The van der Waals surface area contributed by atoms with Crippen LogP contribution in [0.1, 0.15) is 13.8 Å². The summed E-state index contributed by atoms with van der Waals surface area (Å²) in [5, 5.41) is 3.01. The Morgan fingerprint density at radius 2 is 2.31 bits per heavy atom. The Morgan fingerprint density at radius 3 is 2.85 bits per heavy atom. The van der Waals surface area contributed by atoms with Gasteiger partial charge in [-0.15, -0.1) is 0 Å². The lowest BCUT2D eigenvalue weighted by atomic mass is 10.4. The van der Waals surface area contributed by atoms with Gasteiger partial charge in [-0.05, 0) is 13.8 Å². The highest BCUT2D eigenvalue weighted by Gasteiger charge is 2.08. The Labute approximate surface area is 76.2 Å². The number of hydrogen-bond donors (Lipinski definition) is 2. The van der Waals surface area contributed by atoms with E-state index in [-0.39, 0.29) is 17.4 Å². The van der Waals surface area contributed by atoms with Crippen LogP contribution in [0.25, 0.3) is 0 Å². The Hall–Kier alpha value is -1.52. The summed E-state index contributed by atoms with van der Waals surface area (Å²) in [5.41, 5.74) is -0.277. The van der Waals surface area contributed by atoms with Gasteiger partial charge in [-0.1, -0.05) is 0 Å². The molecule has 1 rings (SSSR count). The average Bonchev–Trinajstić information content (AvgIpc) is 2.03. The second-order valence-corrected chi connectivity index (χ2v) is 2.91. The lowest BCUT2D eigenvalue weighted by Crippen LogP contribution is -2.17. The van der Waals surface area contributed by atoms with Crippen molar-refractivity contribution in [2.24, 2.45) is 0 Å². The van der Waals surface area contributed by atoms with Crippen molar-refractivity contribution < 1.29 is 4.74 Å². The van der Waals surface area contributed by atoms with Crippen LogP contribution in [0.3, 0.4) is 0 Å². The van der Waals surface area contributed by atoms with Gasteiger partial charge in [0.25, 0.3) is 5.56 Å². The van der Waals surface area contributed by atoms with Crippen LogP contribution in [0.15, 0.2) is 11.1 Å². The molecule has 0 fully saturated rings. The minimum Gasteiger partial charge on any atom is -0.489 e. The molecule has 5 nitrogen and oxygen atoms in total. The number of nitrogens with zero attached hydrogens (tertiary/aromatic N) is 1. The van der Waals surface area contributed by atoms with Gasteiger partial charge in [0, 0.05) is 6.04 Å². The minimum atomic E-state index is -0.277. The van der Waals surface area contributed by atoms with Crippen molar-refractivity contribution in [2.45, 2.75) is 19.9 Å². The third-order valence-corrected chi connectivity index (χ3v) is 1.44. The van der Waals surface area contributed by atoms with E-state index < -0.39 is 0 Å². The molecule has 1 aromatic rings. The zero-order chi connectivity index (χ0) is 9.84. The molecule has 0 saturated heterocycles. The number of ether oxygens (including phenoxy) is 1. The molecule has 0 aliphatic rings. The summed E-state index contributed by atoms with van der Waals surface area (Å²) in [6, 6.07) is 0.211. The maximum atomic E-state index is 11.2. The maximum absolute atomic E-state index is 11.2. The largest absolute Gasteiger partial charge is 0.489 e. The van der Waals surface area contributed by atoms with Crippen LogP contribution < -0.4 is 15.6 Å². The number of nitrogens with one attached hydrogen (secondary N) is 2. The quantitative estimate of drug-likeness (QED) is 0.720. The zero-order valence-corrected chi connectivity index (χ0v) is 7.92. The minimum absolute atomic E-state index is 0.211. The van der Waals surface area contributed by atoms with E-state index >= 15 is 0 Å². The van der Waals surface area contributed by atoms with Gasteiger partial charge in [-0.3, -0.25) is 4.79 Å². The molecule has 0 atom stereocenters. The van der Waals surface area contributed by atoms with Gasteiger partial charge in [0.2, 0.25) is 5.75 Å². The summed E-state index contributed by atoms with van der Waals surface area (Å²) in [5.74, 6) is 0.692. The molecule has 0 bridgehead atoms. The number of H-pyrrole nitrogens is 1. The summed E-state index contributed by atoms with van der Waals surface area (Å²) >= 11 is 0. The molecule has 1 aromatic heterocycles. The maximum Gasteiger partial charge on any atom is 0.295 e. The summed E-state index contributed by atoms with van der Waals surface area (Å²) < 4.78 is 4.91. The topological polar surface area (TPSA) is 67.0 Å². The fourth-order valence-corrected chi connectivity index (χ4v) is 0.953. The van der Waals surface area contributed by atoms with E-state index in [1.54, 1.807) is 0 Å². The van der Waals surface area contributed by atoms with Gasteiger partial charge in [-0.25, -0.2) is 4.98 Å². The lowest BCUT2D eigenvalue weighted by Gasteiger charge is -2.10. The van der Waals surface area contributed by atoms with Crippen molar-refractivity contribution in [3.8, 4) is 5.75 Å². The average molecular weight is 183 g/mol. The van der Waals surface area contributed by atoms with Crippen LogP contribution in [0, 0.1) is 0 Å². The van der Waals surface area contributed by atoms with Crippen molar-refractivity contribution in [3.05, 3.63) is 16.7 Å². The molecule has 5 heteroatoms. The Bertz CT molecular complexity index is 332. The first-order valence-electron chi connectivity index (χ1n) is 4.03. The highest BCUT2D eigenvalue weighted by molar-refractivity contribution is 5.48. The Balaban J connectivity index is 3.05. The zero-order valence-electron chi connectivity index (χ0n) is 7.92. The van der Waals surface area contributed by atoms with Crippen molar-refractivity contribution >= 4 is 5.82 Å².